The van der Waals surface area contributed by atoms with Crippen LogP contribution >= 0.6 is 0 Å². The lowest BCUT2D eigenvalue weighted by Crippen LogP contribution is -2.34. The van der Waals surface area contributed by atoms with Gasteiger partial charge in [0.2, 0.25) is 0 Å². The van der Waals surface area contributed by atoms with Crippen LogP contribution < -0.4 is 5.32 Å². The van der Waals surface area contributed by atoms with E-state index >= 15 is 0 Å². The number of nitrogens with zero attached hydrogens (tertiary/aromatic N) is 1. The number of hydrogen-bond donors (Lipinski definition) is 1. The molecule has 20 heavy (non-hydrogen) atoms. The third-order valence-electron chi connectivity index (χ3n) is 3.92. The van der Waals surface area contributed by atoms with Crippen LogP contribution in [0.25, 0.3) is 10.9 Å². The summed E-state index contributed by atoms with van der Waals surface area (Å²) in [4.78, 5) is 4.44. The fourth-order valence-corrected chi connectivity index (χ4v) is 2.70. The summed E-state index contributed by atoms with van der Waals surface area (Å²) in [5.74, 6) is 0.676. The Morgan fingerprint density at radius 2 is 2.00 bits per heavy atom. The van der Waals surface area contributed by atoms with E-state index in [0.29, 0.717) is 12.0 Å². The van der Waals surface area contributed by atoms with Gasteiger partial charge in [0, 0.05) is 17.6 Å². The van der Waals surface area contributed by atoms with Crippen molar-refractivity contribution in [2.45, 2.75) is 46.1 Å². The Hall–Kier alpha value is -1.41. The Morgan fingerprint density at radius 3 is 2.75 bits per heavy atom. The molecule has 108 valence electrons. The molecule has 1 aromatic carbocycles. The molecule has 0 aliphatic rings. The van der Waals surface area contributed by atoms with Crippen molar-refractivity contribution in [1.29, 1.82) is 0 Å². The van der Waals surface area contributed by atoms with Crippen LogP contribution in [-0.2, 0) is 6.42 Å². The van der Waals surface area contributed by atoms with E-state index in [-0.39, 0.29) is 0 Å². The van der Waals surface area contributed by atoms with E-state index < -0.39 is 0 Å². The SMILES string of the molecule is CCCNC(CCc1cccc2ncccc12)C(C)C. The minimum Gasteiger partial charge on any atom is -0.314 e. The maximum atomic E-state index is 4.44. The largest absolute Gasteiger partial charge is 0.314 e. The smallest absolute Gasteiger partial charge is 0.0704 e. The van der Waals surface area contributed by atoms with Gasteiger partial charge in [-0.3, -0.25) is 4.98 Å². The van der Waals surface area contributed by atoms with Gasteiger partial charge in [-0.1, -0.05) is 39.0 Å². The molecule has 0 amide bonds. The predicted octanol–water partition coefficient (Wildman–Crippen LogP) is 4.19. The molecule has 1 atom stereocenters. The molecule has 0 radical (unpaired) electrons. The highest BCUT2D eigenvalue weighted by Gasteiger charge is 2.13. The molecule has 2 heteroatoms. The van der Waals surface area contributed by atoms with E-state index in [1.165, 1.54) is 23.8 Å². The zero-order valence-electron chi connectivity index (χ0n) is 12.9. The highest BCUT2D eigenvalue weighted by atomic mass is 14.9. The predicted molar refractivity (Wildman–Crippen MR) is 87.0 cm³/mol. The molecule has 1 heterocycles. The Kier molecular flexibility index (Phi) is 5.54. The fraction of sp³-hybridized carbons (Fsp3) is 0.500. The van der Waals surface area contributed by atoms with Gasteiger partial charge in [0.25, 0.3) is 0 Å². The lowest BCUT2D eigenvalue weighted by Gasteiger charge is -2.22. The quantitative estimate of drug-likeness (QED) is 0.816. The van der Waals surface area contributed by atoms with Crippen LogP contribution in [0.15, 0.2) is 36.5 Å². The van der Waals surface area contributed by atoms with E-state index in [9.17, 15) is 0 Å². The first kappa shape index (κ1) is 15.0. The topological polar surface area (TPSA) is 24.9 Å². The van der Waals surface area contributed by atoms with Crippen molar-refractivity contribution >= 4 is 10.9 Å². The van der Waals surface area contributed by atoms with E-state index in [4.69, 9.17) is 0 Å². The molecule has 1 unspecified atom stereocenters. The molecule has 2 nitrogen and oxygen atoms in total. The van der Waals surface area contributed by atoms with Gasteiger partial charge in [0.1, 0.15) is 0 Å². The summed E-state index contributed by atoms with van der Waals surface area (Å²) in [6.45, 7) is 7.94. The number of aromatic nitrogens is 1. The number of pyridine rings is 1. The highest BCUT2D eigenvalue weighted by molar-refractivity contribution is 5.81. The molecule has 1 N–H and O–H groups in total. The van der Waals surface area contributed by atoms with Gasteiger partial charge in [0.15, 0.2) is 0 Å². The van der Waals surface area contributed by atoms with Crippen molar-refractivity contribution in [3.63, 3.8) is 0 Å². The summed E-state index contributed by atoms with van der Waals surface area (Å²) in [6, 6.07) is 11.3. The van der Waals surface area contributed by atoms with E-state index in [2.05, 4.69) is 55.3 Å². The second-order valence-electron chi connectivity index (χ2n) is 5.83. The number of rotatable bonds is 7. The Labute approximate surface area is 122 Å². The van der Waals surface area contributed by atoms with Gasteiger partial charge in [-0.05, 0) is 49.4 Å². The molecule has 0 saturated carbocycles. The lowest BCUT2D eigenvalue weighted by molar-refractivity contribution is 0.378. The summed E-state index contributed by atoms with van der Waals surface area (Å²) in [7, 11) is 0. The molecule has 0 aliphatic carbocycles. The first-order valence-electron chi connectivity index (χ1n) is 7.78. The molecule has 0 bridgehead atoms. The van der Waals surface area contributed by atoms with Crippen molar-refractivity contribution in [2.75, 3.05) is 6.54 Å². The molecule has 0 aliphatic heterocycles. The zero-order valence-corrected chi connectivity index (χ0v) is 12.9. The third kappa shape index (κ3) is 3.80. The molecule has 0 spiro atoms. The standard InChI is InChI=1S/C18H26N2/c1-4-12-19-17(14(2)3)11-10-15-7-5-9-18-16(15)8-6-13-20-18/h5-9,13-14,17,19H,4,10-12H2,1-3H3. The summed E-state index contributed by atoms with van der Waals surface area (Å²) in [6.07, 6.45) is 5.36. The second kappa shape index (κ2) is 7.39. The monoisotopic (exact) mass is 270 g/mol. The molecular formula is C18H26N2. The van der Waals surface area contributed by atoms with Crippen LogP contribution in [0.1, 0.15) is 39.2 Å². The highest BCUT2D eigenvalue weighted by Crippen LogP contribution is 2.19. The van der Waals surface area contributed by atoms with Crippen LogP contribution in [0.2, 0.25) is 0 Å². The summed E-state index contributed by atoms with van der Waals surface area (Å²) < 4.78 is 0. The number of benzene rings is 1. The van der Waals surface area contributed by atoms with Crippen LogP contribution in [0.4, 0.5) is 0 Å². The van der Waals surface area contributed by atoms with Crippen LogP contribution in [0, 0.1) is 5.92 Å². The average Bonchev–Trinajstić information content (AvgIpc) is 2.47. The van der Waals surface area contributed by atoms with Crippen LogP contribution in [0.3, 0.4) is 0 Å². The average molecular weight is 270 g/mol. The molecule has 0 saturated heterocycles. The van der Waals surface area contributed by atoms with E-state index in [0.717, 1.165) is 18.5 Å². The van der Waals surface area contributed by atoms with Gasteiger partial charge in [0.05, 0.1) is 5.52 Å². The van der Waals surface area contributed by atoms with Crippen molar-refractivity contribution in [1.82, 2.24) is 10.3 Å². The minimum atomic E-state index is 0.599. The van der Waals surface area contributed by atoms with Gasteiger partial charge in [-0.15, -0.1) is 0 Å². The Morgan fingerprint density at radius 1 is 1.15 bits per heavy atom. The fourth-order valence-electron chi connectivity index (χ4n) is 2.70. The first-order chi connectivity index (χ1) is 9.72. The van der Waals surface area contributed by atoms with Gasteiger partial charge < -0.3 is 5.32 Å². The second-order valence-corrected chi connectivity index (χ2v) is 5.83. The maximum absolute atomic E-state index is 4.44. The summed E-state index contributed by atoms with van der Waals surface area (Å²) >= 11 is 0. The van der Waals surface area contributed by atoms with Crippen molar-refractivity contribution < 1.29 is 0 Å². The number of nitrogens with one attached hydrogen (secondary N) is 1. The lowest BCUT2D eigenvalue weighted by atomic mass is 9.95. The van der Waals surface area contributed by atoms with Gasteiger partial charge in [-0.25, -0.2) is 0 Å². The molecule has 0 fully saturated rings. The summed E-state index contributed by atoms with van der Waals surface area (Å²) in [5.41, 5.74) is 2.52. The van der Waals surface area contributed by atoms with Crippen molar-refractivity contribution in [3.8, 4) is 0 Å². The van der Waals surface area contributed by atoms with Gasteiger partial charge >= 0.3 is 0 Å². The van der Waals surface area contributed by atoms with Gasteiger partial charge in [-0.2, -0.15) is 0 Å². The van der Waals surface area contributed by atoms with Crippen molar-refractivity contribution in [2.24, 2.45) is 5.92 Å². The maximum Gasteiger partial charge on any atom is 0.0704 e. The Bertz CT molecular complexity index is 528. The van der Waals surface area contributed by atoms with Crippen LogP contribution in [0.5, 0.6) is 0 Å². The number of fused-ring (bicyclic) bond motifs is 1. The summed E-state index contributed by atoms with van der Waals surface area (Å²) in [5, 5.41) is 4.97. The minimum absolute atomic E-state index is 0.599. The van der Waals surface area contributed by atoms with Crippen LogP contribution in [-0.4, -0.2) is 17.6 Å². The Balaban J connectivity index is 2.07. The van der Waals surface area contributed by atoms with Crippen molar-refractivity contribution in [3.05, 3.63) is 42.1 Å². The molecule has 1 aromatic heterocycles. The van der Waals surface area contributed by atoms with E-state index in [1.54, 1.807) is 0 Å². The number of hydrogen-bond acceptors (Lipinski definition) is 2. The third-order valence-corrected chi connectivity index (χ3v) is 3.92. The molecule has 2 rings (SSSR count). The zero-order chi connectivity index (χ0) is 14.4. The normalized spacial score (nSPS) is 13.0. The molecular weight excluding hydrogens is 244 g/mol. The molecule has 2 aromatic rings. The number of aryl methyl sites for hydroxylation is 1. The first-order valence-corrected chi connectivity index (χ1v) is 7.78. The van der Waals surface area contributed by atoms with E-state index in [1.807, 2.05) is 12.3 Å².